The number of amides is 1. The molecule has 1 aromatic heterocycles. The summed E-state index contributed by atoms with van der Waals surface area (Å²) in [5.41, 5.74) is 2.04. The smallest absolute Gasteiger partial charge is 0.255 e. The molecular weight excluding hydrogens is 414 g/mol. The Labute approximate surface area is 182 Å². The average molecular weight is 442 g/mol. The van der Waals surface area contributed by atoms with E-state index >= 15 is 0 Å². The summed E-state index contributed by atoms with van der Waals surface area (Å²) >= 11 is 0. The zero-order valence-electron chi connectivity index (χ0n) is 17.8. The Morgan fingerprint density at radius 3 is 2.58 bits per heavy atom. The predicted molar refractivity (Wildman–Crippen MR) is 121 cm³/mol. The van der Waals surface area contributed by atoms with Crippen molar-refractivity contribution in [3.05, 3.63) is 54.2 Å². The Balaban J connectivity index is 1.61. The lowest BCUT2D eigenvalue weighted by Gasteiger charge is -2.18. The molecule has 7 nitrogen and oxygen atoms in total. The van der Waals surface area contributed by atoms with Gasteiger partial charge in [0.25, 0.3) is 5.91 Å². The van der Waals surface area contributed by atoms with Crippen LogP contribution in [0.3, 0.4) is 0 Å². The topological polar surface area (TPSA) is 80.6 Å². The Morgan fingerprint density at radius 1 is 1.10 bits per heavy atom. The van der Waals surface area contributed by atoms with Crippen molar-refractivity contribution in [3.63, 3.8) is 0 Å². The van der Waals surface area contributed by atoms with Gasteiger partial charge in [0.05, 0.1) is 7.11 Å². The third-order valence-corrected chi connectivity index (χ3v) is 7.52. The van der Waals surface area contributed by atoms with Gasteiger partial charge < -0.3 is 14.6 Å². The number of anilines is 1. The van der Waals surface area contributed by atoms with Gasteiger partial charge in [-0.1, -0.05) is 6.92 Å². The van der Waals surface area contributed by atoms with Crippen LogP contribution in [-0.2, 0) is 16.6 Å². The summed E-state index contributed by atoms with van der Waals surface area (Å²) < 4.78 is 35.0. The van der Waals surface area contributed by atoms with E-state index in [2.05, 4.69) is 16.8 Å². The molecule has 1 amide bonds. The van der Waals surface area contributed by atoms with Crippen LogP contribution < -0.4 is 10.1 Å². The Bertz CT molecular complexity index is 1210. The number of nitrogens with one attached hydrogen (secondary N) is 1. The number of rotatable bonds is 7. The Kier molecular flexibility index (Phi) is 6.02. The number of carbonyl (C=O) groups is 1. The molecule has 0 radical (unpaired) electrons. The maximum Gasteiger partial charge on any atom is 0.255 e. The maximum atomic E-state index is 13.1. The van der Waals surface area contributed by atoms with Gasteiger partial charge in [-0.3, -0.25) is 4.79 Å². The van der Waals surface area contributed by atoms with Crippen LogP contribution in [0.2, 0.25) is 0 Å². The summed E-state index contributed by atoms with van der Waals surface area (Å²) in [6.45, 7) is 4.04. The lowest BCUT2D eigenvalue weighted by molar-refractivity contribution is 0.102. The van der Waals surface area contributed by atoms with Crippen LogP contribution in [0.5, 0.6) is 5.75 Å². The van der Waals surface area contributed by atoms with E-state index in [-0.39, 0.29) is 22.1 Å². The van der Waals surface area contributed by atoms with Crippen molar-refractivity contribution in [2.75, 3.05) is 25.5 Å². The fourth-order valence-corrected chi connectivity index (χ4v) is 5.70. The molecule has 4 rings (SSSR count). The SMILES string of the molecule is CCCn1ccc2cc(NC(=O)c3ccc(OC)c(S(=O)(=O)N4CCCC4)c3)ccc21. The first-order valence-electron chi connectivity index (χ1n) is 10.5. The maximum absolute atomic E-state index is 13.1. The van der Waals surface area contributed by atoms with E-state index in [0.717, 1.165) is 36.7 Å². The molecule has 0 unspecified atom stereocenters. The largest absolute Gasteiger partial charge is 0.495 e. The van der Waals surface area contributed by atoms with E-state index in [9.17, 15) is 13.2 Å². The van der Waals surface area contributed by atoms with E-state index in [1.165, 1.54) is 23.5 Å². The molecule has 3 aromatic rings. The summed E-state index contributed by atoms with van der Waals surface area (Å²) in [5, 5.41) is 3.92. The molecule has 1 N–H and O–H groups in total. The number of hydrogen-bond donors (Lipinski definition) is 1. The molecule has 31 heavy (non-hydrogen) atoms. The van der Waals surface area contributed by atoms with E-state index in [0.29, 0.717) is 18.8 Å². The second-order valence-electron chi connectivity index (χ2n) is 7.71. The third kappa shape index (κ3) is 4.18. The molecule has 0 spiro atoms. The Morgan fingerprint density at radius 2 is 1.87 bits per heavy atom. The summed E-state index contributed by atoms with van der Waals surface area (Å²) in [7, 11) is -2.29. The summed E-state index contributed by atoms with van der Waals surface area (Å²) in [6, 6.07) is 12.3. The van der Waals surface area contributed by atoms with E-state index in [1.54, 1.807) is 6.07 Å². The zero-order valence-corrected chi connectivity index (χ0v) is 18.6. The highest BCUT2D eigenvalue weighted by Gasteiger charge is 2.30. The molecule has 0 aliphatic carbocycles. The Hall–Kier alpha value is -2.84. The second-order valence-corrected chi connectivity index (χ2v) is 9.62. The number of fused-ring (bicyclic) bond motifs is 1. The summed E-state index contributed by atoms with van der Waals surface area (Å²) in [4.78, 5) is 12.9. The molecule has 164 valence electrons. The number of aryl methyl sites for hydroxylation is 1. The van der Waals surface area contributed by atoms with Crippen molar-refractivity contribution < 1.29 is 17.9 Å². The molecule has 0 saturated carbocycles. The van der Waals surface area contributed by atoms with Gasteiger partial charge in [-0.05, 0) is 61.7 Å². The van der Waals surface area contributed by atoms with Gasteiger partial charge in [-0.2, -0.15) is 4.31 Å². The van der Waals surface area contributed by atoms with Crippen LogP contribution in [-0.4, -0.2) is 43.4 Å². The number of methoxy groups -OCH3 is 1. The third-order valence-electron chi connectivity index (χ3n) is 5.60. The van der Waals surface area contributed by atoms with Gasteiger partial charge in [-0.25, -0.2) is 8.42 Å². The first kappa shape index (κ1) is 21.4. The first-order valence-corrected chi connectivity index (χ1v) is 12.0. The molecule has 2 aromatic carbocycles. The molecule has 1 aliphatic heterocycles. The number of sulfonamides is 1. The summed E-state index contributed by atoms with van der Waals surface area (Å²) in [6.07, 6.45) is 4.76. The van der Waals surface area contributed by atoms with Crippen molar-refractivity contribution in [1.29, 1.82) is 0 Å². The van der Waals surface area contributed by atoms with E-state index in [4.69, 9.17) is 4.74 Å². The molecule has 1 aliphatic rings. The van der Waals surface area contributed by atoms with E-state index in [1.807, 2.05) is 30.5 Å². The van der Waals surface area contributed by atoms with Crippen LogP contribution in [0.25, 0.3) is 10.9 Å². The van der Waals surface area contributed by atoms with Crippen molar-refractivity contribution in [3.8, 4) is 5.75 Å². The second kappa shape index (κ2) is 8.72. The molecule has 2 heterocycles. The van der Waals surface area contributed by atoms with Crippen molar-refractivity contribution in [2.24, 2.45) is 0 Å². The molecule has 1 saturated heterocycles. The molecule has 1 fully saturated rings. The van der Waals surface area contributed by atoms with Crippen molar-refractivity contribution >= 4 is 32.5 Å². The van der Waals surface area contributed by atoms with Crippen LogP contribution in [0.1, 0.15) is 36.5 Å². The number of hydrogen-bond acceptors (Lipinski definition) is 4. The lowest BCUT2D eigenvalue weighted by atomic mass is 10.2. The minimum Gasteiger partial charge on any atom is -0.495 e. The standard InChI is InChI=1S/C23H27N3O4S/c1-3-11-25-14-10-17-15-19(7-8-20(17)25)24-23(27)18-6-9-21(30-2)22(16-18)31(28,29)26-12-4-5-13-26/h6-10,14-16H,3-5,11-13H2,1-2H3,(H,24,27). The van der Waals surface area contributed by atoms with Gasteiger partial charge in [-0.15, -0.1) is 0 Å². The fourth-order valence-electron chi connectivity index (χ4n) is 4.00. The van der Waals surface area contributed by atoms with Crippen LogP contribution >= 0.6 is 0 Å². The molecule has 8 heteroatoms. The van der Waals surface area contributed by atoms with Crippen molar-refractivity contribution in [2.45, 2.75) is 37.6 Å². The zero-order chi connectivity index (χ0) is 22.0. The molecule has 0 atom stereocenters. The average Bonchev–Trinajstić information content (AvgIpc) is 3.44. The van der Waals surface area contributed by atoms with Crippen LogP contribution in [0, 0.1) is 0 Å². The number of nitrogens with zero attached hydrogens (tertiary/aromatic N) is 2. The lowest BCUT2D eigenvalue weighted by Crippen LogP contribution is -2.28. The minimum absolute atomic E-state index is 0.0247. The number of ether oxygens (including phenoxy) is 1. The normalized spacial score (nSPS) is 14.8. The number of benzene rings is 2. The van der Waals surface area contributed by atoms with Gasteiger partial charge in [0.15, 0.2) is 0 Å². The summed E-state index contributed by atoms with van der Waals surface area (Å²) in [5.74, 6) is -0.130. The van der Waals surface area contributed by atoms with Gasteiger partial charge >= 0.3 is 0 Å². The first-order chi connectivity index (χ1) is 14.9. The van der Waals surface area contributed by atoms with Gasteiger partial charge in [0.2, 0.25) is 10.0 Å². The fraction of sp³-hybridized carbons (Fsp3) is 0.348. The highest BCUT2D eigenvalue weighted by Crippen LogP contribution is 2.30. The number of carbonyl (C=O) groups excluding carboxylic acids is 1. The highest BCUT2D eigenvalue weighted by atomic mass is 32.2. The van der Waals surface area contributed by atoms with Gasteiger partial charge in [0, 0.05) is 48.0 Å². The predicted octanol–water partition coefficient (Wildman–Crippen LogP) is 4.10. The van der Waals surface area contributed by atoms with Crippen LogP contribution in [0.15, 0.2) is 53.6 Å². The van der Waals surface area contributed by atoms with Crippen LogP contribution in [0.4, 0.5) is 5.69 Å². The van der Waals surface area contributed by atoms with Crippen molar-refractivity contribution in [1.82, 2.24) is 8.87 Å². The quantitative estimate of drug-likeness (QED) is 0.599. The highest BCUT2D eigenvalue weighted by molar-refractivity contribution is 7.89. The van der Waals surface area contributed by atoms with E-state index < -0.39 is 10.0 Å². The molecular formula is C23H27N3O4S. The minimum atomic E-state index is -3.72. The monoisotopic (exact) mass is 441 g/mol. The number of aromatic nitrogens is 1. The van der Waals surface area contributed by atoms with Gasteiger partial charge in [0.1, 0.15) is 10.6 Å². The molecule has 0 bridgehead atoms.